The highest BCUT2D eigenvalue weighted by Crippen LogP contribution is 2.12. The van der Waals surface area contributed by atoms with Gasteiger partial charge in [-0.05, 0) is 18.9 Å². The van der Waals surface area contributed by atoms with Crippen molar-refractivity contribution in [2.75, 3.05) is 43.4 Å². The van der Waals surface area contributed by atoms with Gasteiger partial charge in [0, 0.05) is 39.8 Å². The maximum absolute atomic E-state index is 5.65. The fourth-order valence-electron chi connectivity index (χ4n) is 1.50. The lowest BCUT2D eigenvalue weighted by molar-refractivity contribution is 0.703. The van der Waals surface area contributed by atoms with E-state index in [1.807, 2.05) is 25.1 Å². The number of aromatic nitrogens is 2. The van der Waals surface area contributed by atoms with Gasteiger partial charge in [0.05, 0.1) is 0 Å². The smallest absolute Gasteiger partial charge is 0.226 e. The van der Waals surface area contributed by atoms with Gasteiger partial charge in [0.1, 0.15) is 5.82 Å². The van der Waals surface area contributed by atoms with Gasteiger partial charge in [-0.25, -0.2) is 4.98 Å². The maximum atomic E-state index is 5.65. The molecule has 4 nitrogen and oxygen atoms in total. The number of anilines is 2. The highest BCUT2D eigenvalue weighted by molar-refractivity contribution is 6.17. The van der Waals surface area contributed by atoms with Gasteiger partial charge in [0.15, 0.2) is 0 Å². The molecule has 1 aromatic rings. The van der Waals surface area contributed by atoms with Crippen molar-refractivity contribution in [3.8, 4) is 0 Å². The van der Waals surface area contributed by atoms with Crippen LogP contribution in [0, 0.1) is 0 Å². The highest BCUT2D eigenvalue weighted by Gasteiger charge is 2.05. The summed E-state index contributed by atoms with van der Waals surface area (Å²) in [7, 11) is 5.95. The van der Waals surface area contributed by atoms with Crippen LogP contribution in [-0.2, 0) is 0 Å². The fraction of sp³-hybridized carbons (Fsp3) is 0.667. The molecule has 0 amide bonds. The van der Waals surface area contributed by atoms with Crippen molar-refractivity contribution in [2.45, 2.75) is 19.3 Å². The molecule has 17 heavy (non-hydrogen) atoms. The van der Waals surface area contributed by atoms with Crippen LogP contribution in [0.2, 0.25) is 0 Å². The van der Waals surface area contributed by atoms with Crippen LogP contribution < -0.4 is 9.80 Å². The normalized spacial score (nSPS) is 10.4. The van der Waals surface area contributed by atoms with Crippen LogP contribution in [-0.4, -0.2) is 43.5 Å². The third kappa shape index (κ3) is 4.77. The van der Waals surface area contributed by atoms with Gasteiger partial charge in [-0.1, -0.05) is 6.42 Å². The van der Waals surface area contributed by atoms with Crippen LogP contribution in [0.25, 0.3) is 0 Å². The van der Waals surface area contributed by atoms with Crippen molar-refractivity contribution in [3.05, 3.63) is 12.3 Å². The lowest BCUT2D eigenvalue weighted by atomic mass is 10.2. The Labute approximate surface area is 109 Å². The predicted molar refractivity (Wildman–Crippen MR) is 74.2 cm³/mol. The molecule has 0 saturated carbocycles. The number of nitrogens with zero attached hydrogens (tertiary/aromatic N) is 4. The molecule has 0 fully saturated rings. The molecule has 0 aliphatic heterocycles. The first-order valence-corrected chi connectivity index (χ1v) is 6.46. The molecule has 0 spiro atoms. The van der Waals surface area contributed by atoms with Crippen LogP contribution in [0.3, 0.4) is 0 Å². The standard InChI is InChI=1S/C12H21ClN4/c1-16(2)12-14-9-7-11(15-12)17(3)10-6-4-5-8-13/h7,9H,4-6,8,10H2,1-3H3. The van der Waals surface area contributed by atoms with E-state index in [1.54, 1.807) is 6.20 Å². The number of hydrogen-bond donors (Lipinski definition) is 0. The summed E-state index contributed by atoms with van der Waals surface area (Å²) in [6, 6.07) is 1.94. The van der Waals surface area contributed by atoms with Crippen molar-refractivity contribution >= 4 is 23.4 Å². The monoisotopic (exact) mass is 256 g/mol. The first-order chi connectivity index (χ1) is 8.15. The van der Waals surface area contributed by atoms with Crippen LogP contribution in [0.1, 0.15) is 19.3 Å². The van der Waals surface area contributed by atoms with E-state index in [4.69, 9.17) is 11.6 Å². The average molecular weight is 257 g/mol. The first kappa shape index (κ1) is 14.0. The Balaban J connectivity index is 2.50. The van der Waals surface area contributed by atoms with E-state index in [1.165, 1.54) is 6.42 Å². The molecule has 96 valence electrons. The minimum absolute atomic E-state index is 0.745. The third-order valence-electron chi connectivity index (χ3n) is 2.55. The Morgan fingerprint density at radius 2 is 1.94 bits per heavy atom. The molecule has 0 bridgehead atoms. The molecule has 0 aliphatic carbocycles. The zero-order chi connectivity index (χ0) is 12.7. The number of halogens is 1. The summed E-state index contributed by atoms with van der Waals surface area (Å²) in [6.07, 6.45) is 5.19. The molecule has 1 rings (SSSR count). The topological polar surface area (TPSA) is 32.3 Å². The van der Waals surface area contributed by atoms with Crippen LogP contribution in [0.4, 0.5) is 11.8 Å². The van der Waals surface area contributed by atoms with Gasteiger partial charge in [0.2, 0.25) is 5.95 Å². The molecule has 0 saturated heterocycles. The summed E-state index contributed by atoms with van der Waals surface area (Å²) < 4.78 is 0. The zero-order valence-electron chi connectivity index (χ0n) is 10.9. The van der Waals surface area contributed by atoms with Crippen LogP contribution >= 0.6 is 11.6 Å². The van der Waals surface area contributed by atoms with Crippen molar-refractivity contribution in [1.29, 1.82) is 0 Å². The molecule has 0 atom stereocenters. The second kappa shape index (κ2) is 7.33. The van der Waals surface area contributed by atoms with Crippen molar-refractivity contribution in [1.82, 2.24) is 9.97 Å². The second-order valence-electron chi connectivity index (χ2n) is 4.28. The fourth-order valence-corrected chi connectivity index (χ4v) is 1.69. The van der Waals surface area contributed by atoms with E-state index in [9.17, 15) is 0 Å². The minimum atomic E-state index is 0.745. The van der Waals surface area contributed by atoms with E-state index >= 15 is 0 Å². The Morgan fingerprint density at radius 3 is 2.59 bits per heavy atom. The SMILES string of the molecule is CN(C)c1nccc(N(C)CCCCCCl)n1. The summed E-state index contributed by atoms with van der Waals surface area (Å²) in [5, 5.41) is 0. The number of alkyl halides is 1. The maximum Gasteiger partial charge on any atom is 0.226 e. The quantitative estimate of drug-likeness (QED) is 0.554. The van der Waals surface area contributed by atoms with Crippen LogP contribution in [0.15, 0.2) is 12.3 Å². The molecule has 0 radical (unpaired) electrons. The summed E-state index contributed by atoms with van der Waals surface area (Å²) in [5.41, 5.74) is 0. The highest BCUT2D eigenvalue weighted by atomic mass is 35.5. The lowest BCUT2D eigenvalue weighted by Crippen LogP contribution is -2.21. The molecule has 1 aromatic heterocycles. The molecular weight excluding hydrogens is 236 g/mol. The third-order valence-corrected chi connectivity index (χ3v) is 2.81. The van der Waals surface area contributed by atoms with Crippen LogP contribution in [0.5, 0.6) is 0 Å². The van der Waals surface area contributed by atoms with Crippen molar-refractivity contribution in [3.63, 3.8) is 0 Å². The Morgan fingerprint density at radius 1 is 1.18 bits per heavy atom. The van der Waals surface area contributed by atoms with Crippen molar-refractivity contribution in [2.24, 2.45) is 0 Å². The molecule has 0 aliphatic rings. The number of rotatable bonds is 7. The van der Waals surface area contributed by atoms with Crippen molar-refractivity contribution < 1.29 is 0 Å². The van der Waals surface area contributed by atoms with E-state index in [0.717, 1.165) is 37.0 Å². The van der Waals surface area contributed by atoms with Gasteiger partial charge in [-0.2, -0.15) is 4.98 Å². The minimum Gasteiger partial charge on any atom is -0.360 e. The molecule has 0 N–H and O–H groups in total. The van der Waals surface area contributed by atoms with E-state index in [-0.39, 0.29) is 0 Å². The molecule has 1 heterocycles. The zero-order valence-corrected chi connectivity index (χ0v) is 11.6. The lowest BCUT2D eigenvalue weighted by Gasteiger charge is -2.19. The first-order valence-electron chi connectivity index (χ1n) is 5.92. The van der Waals surface area contributed by atoms with E-state index in [0.29, 0.717) is 0 Å². The van der Waals surface area contributed by atoms with Gasteiger partial charge < -0.3 is 9.80 Å². The van der Waals surface area contributed by atoms with Gasteiger partial charge in [0.25, 0.3) is 0 Å². The van der Waals surface area contributed by atoms with Gasteiger partial charge in [-0.15, -0.1) is 11.6 Å². The average Bonchev–Trinajstić information content (AvgIpc) is 2.34. The summed E-state index contributed by atoms with van der Waals surface area (Å²) in [6.45, 7) is 1.00. The van der Waals surface area contributed by atoms with Gasteiger partial charge in [-0.3, -0.25) is 0 Å². The summed E-state index contributed by atoms with van der Waals surface area (Å²) in [4.78, 5) is 12.8. The molecular formula is C12H21ClN4. The predicted octanol–water partition coefficient (Wildman–Crippen LogP) is 2.39. The number of hydrogen-bond acceptors (Lipinski definition) is 4. The molecule has 0 unspecified atom stereocenters. The van der Waals surface area contributed by atoms with E-state index < -0.39 is 0 Å². The molecule has 5 heteroatoms. The largest absolute Gasteiger partial charge is 0.360 e. The Hall–Kier alpha value is -1.03. The summed E-state index contributed by atoms with van der Waals surface area (Å²) in [5.74, 6) is 2.46. The Kier molecular flexibility index (Phi) is 6.05. The van der Waals surface area contributed by atoms with E-state index in [2.05, 4.69) is 21.9 Å². The second-order valence-corrected chi connectivity index (χ2v) is 4.66. The Bertz CT molecular complexity index is 330. The van der Waals surface area contributed by atoms with Gasteiger partial charge >= 0.3 is 0 Å². The number of unbranched alkanes of at least 4 members (excludes halogenated alkanes) is 2. The summed E-state index contributed by atoms with van der Waals surface area (Å²) >= 11 is 5.65. The molecule has 0 aromatic carbocycles.